The number of allylic oxidation sites excluding steroid dienone is 4. The van der Waals surface area contributed by atoms with Gasteiger partial charge >= 0.3 is 0 Å². The molecule has 41 heavy (non-hydrogen) atoms. The second-order valence-corrected chi connectivity index (χ2v) is 9.91. The zero-order valence-electron chi connectivity index (χ0n) is 21.4. The van der Waals surface area contributed by atoms with Gasteiger partial charge in [-0.2, -0.15) is 5.82 Å². The van der Waals surface area contributed by atoms with Crippen LogP contribution in [-0.2, 0) is 16.8 Å². The number of aromatic nitrogens is 2. The first-order valence-corrected chi connectivity index (χ1v) is 13.2. The summed E-state index contributed by atoms with van der Waals surface area (Å²) in [6, 6.07) is 16.0. The maximum absolute atomic E-state index is 4.98. The van der Waals surface area contributed by atoms with E-state index in [-0.39, 0.29) is 16.8 Å². The van der Waals surface area contributed by atoms with Gasteiger partial charge in [0.25, 0.3) is 0 Å². The Morgan fingerprint density at radius 1 is 0.634 bits per heavy atom. The molecular formula is C32H18CoN8-4. The minimum Gasteiger partial charge on any atom is -0.695 e. The molecule has 0 amide bonds. The van der Waals surface area contributed by atoms with E-state index in [0.29, 0.717) is 46.3 Å². The van der Waals surface area contributed by atoms with Gasteiger partial charge in [-0.1, -0.05) is 95.9 Å². The predicted octanol–water partition coefficient (Wildman–Crippen LogP) is 5.64. The molecule has 9 rings (SSSR count). The third kappa shape index (κ3) is 3.59. The molecule has 5 heterocycles. The van der Waals surface area contributed by atoms with Gasteiger partial charge in [-0.25, -0.2) is 15.8 Å². The predicted molar refractivity (Wildman–Crippen MR) is 157 cm³/mol. The van der Waals surface area contributed by atoms with Gasteiger partial charge in [-0.3, -0.25) is 10.8 Å². The van der Waals surface area contributed by atoms with Crippen molar-refractivity contribution in [1.82, 2.24) is 9.97 Å². The molecule has 0 N–H and O–H groups in total. The van der Waals surface area contributed by atoms with E-state index in [9.17, 15) is 0 Å². The molecule has 8 nitrogen and oxygen atoms in total. The molecule has 9 heteroatoms. The number of amidine groups is 3. The van der Waals surface area contributed by atoms with Gasteiger partial charge in [0.2, 0.25) is 0 Å². The van der Waals surface area contributed by atoms with Crippen LogP contribution in [0.4, 0.5) is 17.5 Å². The van der Waals surface area contributed by atoms with Crippen molar-refractivity contribution < 1.29 is 16.8 Å². The summed E-state index contributed by atoms with van der Waals surface area (Å²) in [5.74, 6) is 4.02. The normalized spacial score (nSPS) is 17.5. The molecule has 2 aromatic carbocycles. The number of hydrogen-bond donors (Lipinski definition) is 0. The molecule has 5 aliphatic rings. The van der Waals surface area contributed by atoms with Crippen molar-refractivity contribution in [1.29, 1.82) is 0 Å². The summed E-state index contributed by atoms with van der Waals surface area (Å²) in [6.07, 6.45) is 14.2. The van der Waals surface area contributed by atoms with Gasteiger partial charge < -0.3 is 25.6 Å². The Balaban J connectivity index is 0.00000256. The zero-order valence-corrected chi connectivity index (χ0v) is 22.4. The van der Waals surface area contributed by atoms with Crippen molar-refractivity contribution in [2.45, 2.75) is 12.8 Å². The summed E-state index contributed by atoms with van der Waals surface area (Å²) in [6.45, 7) is 0. The fourth-order valence-corrected chi connectivity index (χ4v) is 5.67. The quantitative estimate of drug-likeness (QED) is 0.272. The number of rotatable bonds is 0. The fraction of sp³-hybridized carbons (Fsp3) is 0.0625. The first-order valence-electron chi connectivity index (χ1n) is 13.2. The third-order valence-corrected chi connectivity index (χ3v) is 7.54. The molecule has 2 aromatic heterocycles. The van der Waals surface area contributed by atoms with Crippen molar-refractivity contribution in [3.8, 4) is 0 Å². The van der Waals surface area contributed by atoms with Crippen LogP contribution in [0.5, 0.6) is 0 Å². The molecule has 0 atom stereocenters. The molecule has 0 saturated heterocycles. The van der Waals surface area contributed by atoms with Crippen LogP contribution in [-0.4, -0.2) is 17.5 Å². The van der Waals surface area contributed by atoms with E-state index in [0.717, 1.165) is 56.7 Å². The Bertz CT molecular complexity index is 2160. The van der Waals surface area contributed by atoms with Crippen LogP contribution in [0.2, 0.25) is 0 Å². The van der Waals surface area contributed by atoms with Gasteiger partial charge in [-0.15, -0.1) is 5.84 Å². The minimum absolute atomic E-state index is 0. The van der Waals surface area contributed by atoms with Crippen LogP contribution < -0.4 is 20.7 Å². The Morgan fingerprint density at radius 2 is 1.39 bits per heavy atom. The van der Waals surface area contributed by atoms with Crippen LogP contribution in [0.1, 0.15) is 29.5 Å². The van der Waals surface area contributed by atoms with Gasteiger partial charge in [0.1, 0.15) is 0 Å². The van der Waals surface area contributed by atoms with E-state index in [1.807, 2.05) is 48.5 Å². The maximum Gasteiger partial charge on any atom is 0.161 e. The summed E-state index contributed by atoms with van der Waals surface area (Å²) >= 11 is 0. The summed E-state index contributed by atoms with van der Waals surface area (Å²) in [5.41, 5.74) is 5.23. The van der Waals surface area contributed by atoms with E-state index in [2.05, 4.69) is 36.5 Å². The van der Waals surface area contributed by atoms with Crippen LogP contribution in [0.3, 0.4) is 0 Å². The Hall–Kier alpha value is -4.99. The van der Waals surface area contributed by atoms with Gasteiger partial charge in [0.05, 0.1) is 0 Å². The summed E-state index contributed by atoms with van der Waals surface area (Å²) in [7, 11) is 0. The molecule has 2 aliphatic carbocycles. The second-order valence-electron chi connectivity index (χ2n) is 9.91. The number of fused-ring (bicyclic) bond motifs is 17. The molecule has 0 fully saturated rings. The molecule has 199 valence electrons. The van der Waals surface area contributed by atoms with Crippen molar-refractivity contribution in [3.05, 3.63) is 128 Å². The van der Waals surface area contributed by atoms with Crippen LogP contribution >= 0.6 is 0 Å². The smallest absolute Gasteiger partial charge is 0.161 e. The fourth-order valence-electron chi connectivity index (χ4n) is 5.67. The molecule has 0 spiro atoms. The van der Waals surface area contributed by atoms with Crippen LogP contribution in [0, 0.1) is 0 Å². The van der Waals surface area contributed by atoms with E-state index in [4.69, 9.17) is 40.6 Å². The standard InChI is InChI=1S/C32H18N8.Co/c1-2-10-18-17(9-1)25-33-26(18)38-28-21-13-5-6-14-22(21)30(35-28)40-32-24-16-8-7-15-23(24)31(36-32)39-29-20-12-4-3-11-19(20)27(34-29)37-25;/h1-5,8-16H,6-7H2;/q-4;. The minimum atomic E-state index is 0. The maximum atomic E-state index is 4.98. The molecular weight excluding hydrogens is 555 g/mol. The Kier molecular flexibility index (Phi) is 5.25. The first-order chi connectivity index (χ1) is 19.8. The zero-order chi connectivity index (χ0) is 26.2. The van der Waals surface area contributed by atoms with Crippen molar-refractivity contribution in [2.24, 2.45) is 20.0 Å². The monoisotopic (exact) mass is 573 g/mol. The van der Waals surface area contributed by atoms with E-state index in [1.165, 1.54) is 0 Å². The average Bonchev–Trinajstić information content (AvgIpc) is 3.73. The molecule has 3 aliphatic heterocycles. The number of benzene rings is 2. The largest absolute Gasteiger partial charge is 0.695 e. The number of aliphatic imine (C=N–C) groups is 3. The topological polar surface area (TPSA) is 106 Å². The van der Waals surface area contributed by atoms with Crippen molar-refractivity contribution >= 4 is 57.9 Å². The average molecular weight is 573 g/mol. The van der Waals surface area contributed by atoms with Crippen LogP contribution in [0.15, 0.2) is 110 Å². The van der Waals surface area contributed by atoms with Gasteiger partial charge in [0.15, 0.2) is 11.7 Å². The Labute approximate surface area is 244 Å². The molecule has 1 radical (unpaired) electrons. The molecule has 4 aromatic rings. The summed E-state index contributed by atoms with van der Waals surface area (Å²) in [4.78, 5) is 29.5. The third-order valence-electron chi connectivity index (χ3n) is 7.54. The molecule has 0 saturated carbocycles. The molecule has 0 unspecified atom stereocenters. The van der Waals surface area contributed by atoms with Crippen molar-refractivity contribution in [3.63, 3.8) is 0 Å². The summed E-state index contributed by atoms with van der Waals surface area (Å²) < 4.78 is 0. The molecule has 8 bridgehead atoms. The van der Waals surface area contributed by atoms with E-state index in [1.54, 1.807) is 0 Å². The van der Waals surface area contributed by atoms with E-state index < -0.39 is 0 Å². The SMILES string of the molecule is C1=CC2=C3N=C(N=C4N=C([N-]c5[n-]c(c6ccccc56)[N-]c5[n-]c(c6c5C=CCC=6)=N3)c3ccccc34)C2=CC1.[Co]. The van der Waals surface area contributed by atoms with Crippen LogP contribution in [0.25, 0.3) is 33.6 Å². The van der Waals surface area contributed by atoms with Gasteiger partial charge in [-0.05, 0) is 40.1 Å². The number of nitrogens with zero attached hydrogens (tertiary/aromatic N) is 8. The van der Waals surface area contributed by atoms with Gasteiger partial charge in [0, 0.05) is 33.8 Å². The summed E-state index contributed by atoms with van der Waals surface area (Å²) in [5, 5.41) is 12.7. The Morgan fingerprint density at radius 3 is 2.27 bits per heavy atom. The first kappa shape index (κ1) is 23.9. The number of hydrogen-bond acceptors (Lipinski definition) is 4. The second kappa shape index (κ2) is 9.02. The van der Waals surface area contributed by atoms with E-state index >= 15 is 0 Å². The van der Waals surface area contributed by atoms with Crippen molar-refractivity contribution in [2.75, 3.05) is 0 Å².